The van der Waals surface area contributed by atoms with Gasteiger partial charge in [0, 0.05) is 18.7 Å². The Kier molecular flexibility index (Phi) is 3.93. The third-order valence-electron chi connectivity index (χ3n) is 4.98. The van der Waals surface area contributed by atoms with E-state index in [1.807, 2.05) is 6.07 Å². The highest BCUT2D eigenvalue weighted by Crippen LogP contribution is 2.48. The zero-order chi connectivity index (χ0) is 20.0. The normalized spacial score (nSPS) is 17.4. The van der Waals surface area contributed by atoms with Gasteiger partial charge in [-0.1, -0.05) is 12.1 Å². The zero-order valence-electron chi connectivity index (χ0n) is 15.0. The Labute approximate surface area is 160 Å². The minimum absolute atomic E-state index is 0.000977. The van der Waals surface area contributed by atoms with E-state index >= 15 is 0 Å². The van der Waals surface area contributed by atoms with Gasteiger partial charge in [-0.05, 0) is 17.7 Å². The molecule has 28 heavy (non-hydrogen) atoms. The van der Waals surface area contributed by atoms with E-state index in [4.69, 9.17) is 16.2 Å². The molecule has 0 bridgehead atoms. The summed E-state index contributed by atoms with van der Waals surface area (Å²) in [6.07, 6.45) is 0. The molecule has 2 aromatic rings. The summed E-state index contributed by atoms with van der Waals surface area (Å²) < 4.78 is 5.28. The van der Waals surface area contributed by atoms with Gasteiger partial charge in [-0.2, -0.15) is 5.26 Å². The van der Waals surface area contributed by atoms with Crippen LogP contribution >= 0.6 is 0 Å². The van der Waals surface area contributed by atoms with Gasteiger partial charge in [0.15, 0.2) is 5.82 Å². The monoisotopic (exact) mass is 379 g/mol. The standard InChI is InChI=1S/C18H17N7O3/c1-28-10-4-2-3-9(7-10)12-13-14(20)11(8-19)16(21)23-17(13)24-6-5-22-18(24)15(12)25(26)27/h2-4,7,12,22H,5-6H2,1H3,(H4,20,21,23). The minimum atomic E-state index is -0.836. The number of nitrogens with one attached hydrogen (secondary N) is 1. The van der Waals surface area contributed by atoms with Gasteiger partial charge in [0.05, 0.1) is 17.7 Å². The molecule has 10 nitrogen and oxygen atoms in total. The van der Waals surface area contributed by atoms with E-state index in [1.54, 1.807) is 29.2 Å². The van der Waals surface area contributed by atoms with E-state index in [1.165, 1.54) is 7.11 Å². The van der Waals surface area contributed by atoms with Crippen molar-refractivity contribution in [3.63, 3.8) is 0 Å². The van der Waals surface area contributed by atoms with Gasteiger partial charge in [-0.15, -0.1) is 0 Å². The van der Waals surface area contributed by atoms with Crippen molar-refractivity contribution in [1.29, 1.82) is 5.26 Å². The lowest BCUT2D eigenvalue weighted by molar-refractivity contribution is -0.430. The lowest BCUT2D eigenvalue weighted by Crippen LogP contribution is -2.34. The summed E-state index contributed by atoms with van der Waals surface area (Å²) in [5, 5.41) is 24.6. The largest absolute Gasteiger partial charge is 0.497 e. The molecule has 4 rings (SSSR count). The van der Waals surface area contributed by atoms with Crippen LogP contribution in [0.25, 0.3) is 0 Å². The van der Waals surface area contributed by atoms with Gasteiger partial charge in [0.1, 0.15) is 34.9 Å². The number of allylic oxidation sites excluding steroid dienone is 1. The number of rotatable bonds is 3. The molecule has 0 spiro atoms. The Balaban J connectivity index is 2.08. The van der Waals surface area contributed by atoms with E-state index in [0.717, 1.165) is 0 Å². The van der Waals surface area contributed by atoms with Crippen molar-refractivity contribution in [3.8, 4) is 11.8 Å². The third-order valence-corrected chi connectivity index (χ3v) is 4.98. The molecule has 0 radical (unpaired) electrons. The van der Waals surface area contributed by atoms with Gasteiger partial charge in [-0.3, -0.25) is 10.1 Å². The van der Waals surface area contributed by atoms with Crippen molar-refractivity contribution in [2.75, 3.05) is 36.6 Å². The molecule has 10 heteroatoms. The predicted octanol–water partition coefficient (Wildman–Crippen LogP) is 1.13. The number of hydrogen-bond donors (Lipinski definition) is 3. The summed E-state index contributed by atoms with van der Waals surface area (Å²) in [4.78, 5) is 17.7. The van der Waals surface area contributed by atoms with E-state index in [2.05, 4.69) is 10.3 Å². The lowest BCUT2D eigenvalue weighted by Gasteiger charge is -2.31. The van der Waals surface area contributed by atoms with Gasteiger partial charge < -0.3 is 26.4 Å². The molecule has 142 valence electrons. The van der Waals surface area contributed by atoms with Gasteiger partial charge in [0.2, 0.25) is 0 Å². The maximum atomic E-state index is 12.1. The number of hydrogen-bond acceptors (Lipinski definition) is 9. The van der Waals surface area contributed by atoms with Crippen molar-refractivity contribution < 1.29 is 9.66 Å². The van der Waals surface area contributed by atoms with Crippen LogP contribution in [0.4, 0.5) is 17.3 Å². The fourth-order valence-corrected chi connectivity index (χ4v) is 3.78. The molecular formula is C18H17N7O3. The number of methoxy groups -OCH3 is 1. The third kappa shape index (κ3) is 2.37. The molecule has 1 atom stereocenters. The fraction of sp³-hybridized carbons (Fsp3) is 0.222. The number of aromatic nitrogens is 1. The highest BCUT2D eigenvalue weighted by molar-refractivity contribution is 5.80. The van der Waals surface area contributed by atoms with Crippen LogP contribution in [0.1, 0.15) is 22.6 Å². The van der Waals surface area contributed by atoms with Crippen LogP contribution in [-0.2, 0) is 0 Å². The first-order valence-electron chi connectivity index (χ1n) is 8.50. The van der Waals surface area contributed by atoms with E-state index in [0.29, 0.717) is 41.6 Å². The first kappa shape index (κ1) is 17.4. The highest BCUT2D eigenvalue weighted by atomic mass is 16.6. The van der Waals surface area contributed by atoms with Crippen LogP contribution in [0.15, 0.2) is 35.8 Å². The van der Waals surface area contributed by atoms with Crippen LogP contribution in [0.3, 0.4) is 0 Å². The maximum Gasteiger partial charge on any atom is 0.298 e. The van der Waals surface area contributed by atoms with Crippen LogP contribution < -0.4 is 26.4 Å². The molecule has 3 heterocycles. The number of nitriles is 1. The maximum absolute atomic E-state index is 12.1. The molecule has 2 aliphatic rings. The van der Waals surface area contributed by atoms with Crippen molar-refractivity contribution in [2.45, 2.75) is 5.92 Å². The minimum Gasteiger partial charge on any atom is -0.497 e. The van der Waals surface area contributed by atoms with Gasteiger partial charge in [0.25, 0.3) is 5.70 Å². The van der Waals surface area contributed by atoms with E-state index < -0.39 is 10.8 Å². The number of nitrogens with two attached hydrogens (primary N) is 2. The molecular weight excluding hydrogens is 362 g/mol. The predicted molar refractivity (Wildman–Crippen MR) is 102 cm³/mol. The molecule has 0 aliphatic carbocycles. The van der Waals surface area contributed by atoms with Crippen molar-refractivity contribution in [3.05, 3.63) is 62.6 Å². The molecule has 1 aromatic heterocycles. The molecule has 1 aromatic carbocycles. The summed E-state index contributed by atoms with van der Waals surface area (Å²) in [7, 11) is 1.52. The molecule has 0 amide bonds. The Morgan fingerprint density at radius 3 is 2.93 bits per heavy atom. The quantitative estimate of drug-likeness (QED) is 0.525. The summed E-state index contributed by atoms with van der Waals surface area (Å²) in [5.74, 6) is 0.501. The van der Waals surface area contributed by atoms with Crippen molar-refractivity contribution >= 4 is 17.3 Å². The average molecular weight is 379 g/mol. The number of nitrogens with zero attached hydrogens (tertiary/aromatic N) is 4. The van der Waals surface area contributed by atoms with Crippen LogP contribution in [0, 0.1) is 21.4 Å². The smallest absolute Gasteiger partial charge is 0.298 e. The number of ether oxygens (including phenoxy) is 1. The summed E-state index contributed by atoms with van der Waals surface area (Å²) >= 11 is 0. The Bertz CT molecular complexity index is 1070. The second-order valence-corrected chi connectivity index (χ2v) is 6.41. The van der Waals surface area contributed by atoms with Crippen LogP contribution in [0.2, 0.25) is 0 Å². The second-order valence-electron chi connectivity index (χ2n) is 6.41. The molecule has 1 unspecified atom stereocenters. The fourth-order valence-electron chi connectivity index (χ4n) is 3.78. The number of pyridine rings is 1. The Morgan fingerprint density at radius 1 is 1.46 bits per heavy atom. The van der Waals surface area contributed by atoms with Crippen molar-refractivity contribution in [2.24, 2.45) is 0 Å². The molecule has 2 aliphatic heterocycles. The van der Waals surface area contributed by atoms with E-state index in [-0.39, 0.29) is 22.8 Å². The van der Waals surface area contributed by atoms with Crippen LogP contribution in [0.5, 0.6) is 5.75 Å². The first-order chi connectivity index (χ1) is 13.5. The average Bonchev–Trinajstić information content (AvgIpc) is 3.16. The summed E-state index contributed by atoms with van der Waals surface area (Å²) in [6.45, 7) is 0.987. The number of fused-ring (bicyclic) bond motifs is 3. The molecule has 5 N–H and O–H groups in total. The first-order valence-corrected chi connectivity index (χ1v) is 8.50. The number of nitrogen functional groups attached to an aromatic ring is 2. The highest BCUT2D eigenvalue weighted by Gasteiger charge is 2.46. The molecule has 1 fully saturated rings. The Morgan fingerprint density at radius 2 is 2.25 bits per heavy atom. The van der Waals surface area contributed by atoms with Gasteiger partial charge >= 0.3 is 0 Å². The molecule has 1 saturated heterocycles. The van der Waals surface area contributed by atoms with Crippen molar-refractivity contribution in [1.82, 2.24) is 10.3 Å². The number of nitro groups is 1. The number of benzene rings is 1. The zero-order valence-corrected chi connectivity index (χ0v) is 15.0. The lowest BCUT2D eigenvalue weighted by atomic mass is 9.84. The van der Waals surface area contributed by atoms with Crippen LogP contribution in [-0.4, -0.2) is 30.1 Å². The Hall–Kier alpha value is -4.00. The topological polar surface area (TPSA) is 156 Å². The molecule has 0 saturated carbocycles. The van der Waals surface area contributed by atoms with E-state index in [9.17, 15) is 15.4 Å². The summed E-state index contributed by atoms with van der Waals surface area (Å²) in [6, 6.07) is 8.92. The summed E-state index contributed by atoms with van der Waals surface area (Å²) in [5.41, 5.74) is 13.3. The number of anilines is 3. The van der Waals surface area contributed by atoms with Gasteiger partial charge in [-0.25, -0.2) is 4.98 Å². The SMILES string of the molecule is COc1cccc(C2C([N+](=O)[O-])=C3NCCN3c3nc(N)c(C#N)c(N)c32)c1. The second kappa shape index (κ2) is 6.31.